The molecule has 0 unspecified atom stereocenters. The van der Waals surface area contributed by atoms with Crippen molar-refractivity contribution in [2.24, 2.45) is 0 Å². The highest BCUT2D eigenvalue weighted by Crippen LogP contribution is 2.22. The molecule has 0 bridgehead atoms. The fourth-order valence-corrected chi connectivity index (χ4v) is 3.32. The van der Waals surface area contributed by atoms with Crippen LogP contribution in [0, 0.1) is 0 Å². The van der Waals surface area contributed by atoms with E-state index in [0.717, 1.165) is 24.2 Å². The normalized spacial score (nSPS) is 13.5. The highest BCUT2D eigenvalue weighted by atomic mass is 16.3. The van der Waals surface area contributed by atoms with Crippen molar-refractivity contribution in [3.63, 3.8) is 0 Å². The van der Waals surface area contributed by atoms with Gasteiger partial charge in [0.1, 0.15) is 0 Å². The van der Waals surface area contributed by atoms with Crippen molar-refractivity contribution >= 4 is 40.9 Å². The number of benzene rings is 2. The molecule has 2 heterocycles. The third kappa shape index (κ3) is 5.08. The second-order valence-corrected chi connectivity index (χ2v) is 7.08. The van der Waals surface area contributed by atoms with Crippen molar-refractivity contribution in [3.8, 4) is 0 Å². The molecule has 2 aromatic carbocycles. The highest BCUT2D eigenvalue weighted by Gasteiger charge is 2.21. The van der Waals surface area contributed by atoms with Gasteiger partial charge < -0.3 is 20.0 Å². The molecular formula is C24H21N3O4. The molecule has 3 aromatic rings. The molecule has 3 amide bonds. The molecule has 7 nitrogen and oxygen atoms in total. The fourth-order valence-electron chi connectivity index (χ4n) is 3.32. The number of carbonyl (C=O) groups excluding carboxylic acids is 3. The first kappa shape index (κ1) is 20.2. The zero-order valence-electron chi connectivity index (χ0n) is 16.7. The van der Waals surface area contributed by atoms with Gasteiger partial charge in [0, 0.05) is 36.1 Å². The Bertz CT molecular complexity index is 1120. The maximum atomic E-state index is 12.3. The number of nitrogens with one attached hydrogen (secondary N) is 2. The number of nitrogens with zero attached hydrogens (tertiary/aromatic N) is 1. The van der Waals surface area contributed by atoms with Gasteiger partial charge in [-0.2, -0.15) is 0 Å². The second-order valence-electron chi connectivity index (χ2n) is 7.08. The number of amides is 3. The summed E-state index contributed by atoms with van der Waals surface area (Å²) in [5, 5.41) is 5.49. The molecule has 1 aliphatic heterocycles. The molecule has 156 valence electrons. The van der Waals surface area contributed by atoms with E-state index in [-0.39, 0.29) is 23.5 Å². The average molecular weight is 415 g/mol. The van der Waals surface area contributed by atoms with Crippen LogP contribution in [0.25, 0.3) is 6.08 Å². The third-order valence-electron chi connectivity index (χ3n) is 4.84. The summed E-state index contributed by atoms with van der Waals surface area (Å²) in [4.78, 5) is 37.9. The van der Waals surface area contributed by atoms with Gasteiger partial charge in [-0.15, -0.1) is 0 Å². The van der Waals surface area contributed by atoms with Crippen LogP contribution in [0.5, 0.6) is 0 Å². The maximum absolute atomic E-state index is 12.3. The fraction of sp³-hybridized carbons (Fsp3) is 0.125. The average Bonchev–Trinajstić information content (AvgIpc) is 3.45. The van der Waals surface area contributed by atoms with Gasteiger partial charge in [0.15, 0.2) is 5.76 Å². The standard InChI is InChI=1S/C24H21N3O4/c28-22(13-10-17-8-11-20(12-9-17)27-14-2-7-23(27)29)25-18-4-1-5-19(16-18)26-24(30)21-6-3-15-31-21/h1,3-6,8-13,15-16H,2,7,14H2,(H,25,28)(H,26,30)/b13-10+. The van der Waals surface area contributed by atoms with Gasteiger partial charge in [-0.3, -0.25) is 14.4 Å². The Kier molecular flexibility index (Phi) is 5.93. The SMILES string of the molecule is O=C(/C=C/c1ccc(N2CCCC2=O)cc1)Nc1cccc(NC(=O)c2ccco2)c1. The Morgan fingerprint density at radius 2 is 1.74 bits per heavy atom. The minimum absolute atomic E-state index is 0.144. The van der Waals surface area contributed by atoms with E-state index >= 15 is 0 Å². The number of hydrogen-bond donors (Lipinski definition) is 2. The van der Waals surface area contributed by atoms with Crippen molar-refractivity contribution in [3.05, 3.63) is 84.3 Å². The van der Waals surface area contributed by atoms with Crippen LogP contribution in [0.1, 0.15) is 29.0 Å². The van der Waals surface area contributed by atoms with Gasteiger partial charge in [0.25, 0.3) is 5.91 Å². The molecule has 1 aliphatic rings. The summed E-state index contributed by atoms with van der Waals surface area (Å²) in [6.45, 7) is 0.747. The topological polar surface area (TPSA) is 91.7 Å². The van der Waals surface area contributed by atoms with Crippen molar-refractivity contribution in [2.75, 3.05) is 22.1 Å². The Labute approximate surface area is 179 Å². The zero-order valence-corrected chi connectivity index (χ0v) is 16.7. The number of anilines is 3. The summed E-state index contributed by atoms with van der Waals surface area (Å²) in [7, 11) is 0. The van der Waals surface area contributed by atoms with E-state index in [9.17, 15) is 14.4 Å². The monoisotopic (exact) mass is 415 g/mol. The summed E-state index contributed by atoms with van der Waals surface area (Å²) >= 11 is 0. The van der Waals surface area contributed by atoms with Gasteiger partial charge in [-0.05, 0) is 60.5 Å². The molecule has 1 fully saturated rings. The van der Waals surface area contributed by atoms with Crippen molar-refractivity contribution in [2.45, 2.75) is 12.8 Å². The smallest absolute Gasteiger partial charge is 0.291 e. The maximum Gasteiger partial charge on any atom is 0.291 e. The van der Waals surface area contributed by atoms with E-state index in [1.54, 1.807) is 47.4 Å². The first-order chi connectivity index (χ1) is 15.1. The van der Waals surface area contributed by atoms with Gasteiger partial charge in [-0.1, -0.05) is 18.2 Å². The van der Waals surface area contributed by atoms with E-state index in [4.69, 9.17) is 4.42 Å². The van der Waals surface area contributed by atoms with Gasteiger partial charge >= 0.3 is 0 Å². The van der Waals surface area contributed by atoms with E-state index in [1.165, 1.54) is 12.3 Å². The van der Waals surface area contributed by atoms with E-state index in [0.29, 0.717) is 17.8 Å². The predicted octanol–water partition coefficient (Wildman–Crippen LogP) is 4.31. The quantitative estimate of drug-likeness (QED) is 0.587. The molecule has 1 saturated heterocycles. The lowest BCUT2D eigenvalue weighted by Gasteiger charge is -2.15. The summed E-state index contributed by atoms with van der Waals surface area (Å²) in [5.41, 5.74) is 2.81. The molecule has 0 aliphatic carbocycles. The van der Waals surface area contributed by atoms with Crippen molar-refractivity contribution in [1.82, 2.24) is 0 Å². The second kappa shape index (κ2) is 9.13. The molecular weight excluding hydrogens is 394 g/mol. The molecule has 0 spiro atoms. The zero-order chi connectivity index (χ0) is 21.6. The van der Waals surface area contributed by atoms with Crippen molar-refractivity contribution < 1.29 is 18.8 Å². The lowest BCUT2D eigenvalue weighted by Crippen LogP contribution is -2.23. The largest absolute Gasteiger partial charge is 0.459 e. The van der Waals surface area contributed by atoms with Crippen LogP contribution in [-0.2, 0) is 9.59 Å². The Balaban J connectivity index is 1.34. The Hall–Kier alpha value is -4.13. The molecule has 2 N–H and O–H groups in total. The third-order valence-corrected chi connectivity index (χ3v) is 4.84. The van der Waals surface area contributed by atoms with Gasteiger partial charge in [0.2, 0.25) is 11.8 Å². The van der Waals surface area contributed by atoms with Crippen LogP contribution in [-0.4, -0.2) is 24.3 Å². The van der Waals surface area contributed by atoms with Gasteiger partial charge in [0.05, 0.1) is 6.26 Å². The molecule has 31 heavy (non-hydrogen) atoms. The first-order valence-electron chi connectivity index (χ1n) is 9.93. The first-order valence-corrected chi connectivity index (χ1v) is 9.93. The van der Waals surface area contributed by atoms with E-state index in [1.807, 2.05) is 24.3 Å². The van der Waals surface area contributed by atoms with Crippen LogP contribution in [0.3, 0.4) is 0 Å². The molecule has 0 radical (unpaired) electrons. The molecule has 7 heteroatoms. The number of carbonyl (C=O) groups is 3. The highest BCUT2D eigenvalue weighted by molar-refractivity contribution is 6.04. The number of furan rings is 1. The van der Waals surface area contributed by atoms with Crippen LogP contribution < -0.4 is 15.5 Å². The number of rotatable bonds is 6. The minimum Gasteiger partial charge on any atom is -0.459 e. The predicted molar refractivity (Wildman–Crippen MR) is 119 cm³/mol. The van der Waals surface area contributed by atoms with Gasteiger partial charge in [-0.25, -0.2) is 0 Å². The summed E-state index contributed by atoms with van der Waals surface area (Å²) in [6.07, 6.45) is 6.04. The molecule has 0 atom stereocenters. The van der Waals surface area contributed by atoms with Crippen LogP contribution in [0.4, 0.5) is 17.1 Å². The molecule has 1 aromatic heterocycles. The van der Waals surface area contributed by atoms with E-state index in [2.05, 4.69) is 10.6 Å². The van der Waals surface area contributed by atoms with Crippen molar-refractivity contribution in [1.29, 1.82) is 0 Å². The van der Waals surface area contributed by atoms with Crippen LogP contribution >= 0.6 is 0 Å². The summed E-state index contributed by atoms with van der Waals surface area (Å²) in [5.74, 6) is -0.316. The molecule has 0 saturated carbocycles. The molecule has 4 rings (SSSR count). The lowest BCUT2D eigenvalue weighted by molar-refractivity contribution is -0.117. The van der Waals surface area contributed by atoms with E-state index < -0.39 is 0 Å². The lowest BCUT2D eigenvalue weighted by atomic mass is 10.2. The summed E-state index contributed by atoms with van der Waals surface area (Å²) < 4.78 is 5.07. The summed E-state index contributed by atoms with van der Waals surface area (Å²) in [6, 6.07) is 17.6. The van der Waals surface area contributed by atoms with Crippen LogP contribution in [0.15, 0.2) is 77.4 Å². The van der Waals surface area contributed by atoms with Crippen LogP contribution in [0.2, 0.25) is 0 Å². The number of hydrogen-bond acceptors (Lipinski definition) is 4. The Morgan fingerprint density at radius 1 is 0.968 bits per heavy atom. The minimum atomic E-state index is -0.368. The Morgan fingerprint density at radius 3 is 2.42 bits per heavy atom.